The Labute approximate surface area is 124 Å². The Morgan fingerprint density at radius 2 is 2.00 bits per heavy atom. The van der Waals surface area contributed by atoms with E-state index in [1.165, 1.54) is 5.56 Å². The highest BCUT2D eigenvalue weighted by atomic mass is 35.5. The van der Waals surface area contributed by atoms with Crippen LogP contribution < -0.4 is 10.1 Å². The third-order valence-corrected chi connectivity index (χ3v) is 3.32. The van der Waals surface area contributed by atoms with Crippen molar-refractivity contribution in [2.75, 3.05) is 6.54 Å². The van der Waals surface area contributed by atoms with Gasteiger partial charge >= 0.3 is 0 Å². The highest BCUT2D eigenvalue weighted by Crippen LogP contribution is 2.26. The zero-order valence-corrected chi connectivity index (χ0v) is 12.8. The molecule has 0 spiro atoms. The molecule has 0 saturated carbocycles. The Morgan fingerprint density at radius 3 is 2.65 bits per heavy atom. The second kappa shape index (κ2) is 6.73. The van der Waals surface area contributed by atoms with Gasteiger partial charge in [-0.15, -0.1) is 0 Å². The maximum Gasteiger partial charge on any atom is 0.219 e. The van der Waals surface area contributed by atoms with Crippen molar-refractivity contribution >= 4 is 11.6 Å². The molecule has 0 amide bonds. The summed E-state index contributed by atoms with van der Waals surface area (Å²) in [6, 6.07) is 9.50. The van der Waals surface area contributed by atoms with Crippen molar-refractivity contribution in [3.8, 4) is 11.6 Å². The molecule has 1 aromatic heterocycles. The number of aryl methyl sites for hydroxylation is 2. The van der Waals surface area contributed by atoms with E-state index in [0.29, 0.717) is 10.9 Å². The molecule has 0 bridgehead atoms. The molecule has 0 aliphatic heterocycles. The molecular weight excluding hydrogens is 272 g/mol. The molecule has 2 rings (SSSR count). The minimum absolute atomic E-state index is 0.605. The lowest BCUT2D eigenvalue weighted by Crippen LogP contribution is -2.13. The summed E-state index contributed by atoms with van der Waals surface area (Å²) >= 11 is 5.94. The van der Waals surface area contributed by atoms with Crippen molar-refractivity contribution < 1.29 is 4.74 Å². The summed E-state index contributed by atoms with van der Waals surface area (Å²) in [4.78, 5) is 4.49. The number of nitrogens with one attached hydrogen (secondary N) is 1. The lowest BCUT2D eigenvalue weighted by atomic mass is 10.2. The lowest BCUT2D eigenvalue weighted by Gasteiger charge is -2.11. The first kappa shape index (κ1) is 14.8. The van der Waals surface area contributed by atoms with Crippen LogP contribution in [0.4, 0.5) is 0 Å². The number of pyridine rings is 1. The predicted molar refractivity (Wildman–Crippen MR) is 82.6 cm³/mol. The van der Waals surface area contributed by atoms with Gasteiger partial charge in [-0.2, -0.15) is 0 Å². The summed E-state index contributed by atoms with van der Waals surface area (Å²) in [6.45, 7) is 7.82. The zero-order valence-electron chi connectivity index (χ0n) is 12.0. The lowest BCUT2D eigenvalue weighted by molar-refractivity contribution is 0.457. The van der Waals surface area contributed by atoms with Crippen molar-refractivity contribution in [3.63, 3.8) is 0 Å². The van der Waals surface area contributed by atoms with Crippen molar-refractivity contribution in [1.29, 1.82) is 0 Å². The number of aromatic nitrogens is 1. The van der Waals surface area contributed by atoms with Gasteiger partial charge < -0.3 is 10.1 Å². The fourth-order valence-electron chi connectivity index (χ4n) is 1.91. The molecule has 3 nitrogen and oxygen atoms in total. The van der Waals surface area contributed by atoms with Crippen LogP contribution in [0.5, 0.6) is 11.6 Å². The molecule has 20 heavy (non-hydrogen) atoms. The smallest absolute Gasteiger partial charge is 0.219 e. The normalized spacial score (nSPS) is 10.6. The van der Waals surface area contributed by atoms with Gasteiger partial charge in [0, 0.05) is 23.3 Å². The van der Waals surface area contributed by atoms with Crippen molar-refractivity contribution in [2.45, 2.75) is 27.3 Å². The Balaban J connectivity index is 2.15. The first-order valence-corrected chi connectivity index (χ1v) is 7.09. The van der Waals surface area contributed by atoms with Crippen molar-refractivity contribution in [2.24, 2.45) is 0 Å². The molecule has 1 aromatic carbocycles. The van der Waals surface area contributed by atoms with Crippen LogP contribution in [0.2, 0.25) is 5.02 Å². The molecule has 0 saturated heterocycles. The van der Waals surface area contributed by atoms with E-state index in [1.54, 1.807) is 0 Å². The first-order valence-electron chi connectivity index (χ1n) is 6.71. The molecule has 0 unspecified atom stereocenters. The third kappa shape index (κ3) is 3.71. The average Bonchev–Trinajstić information content (AvgIpc) is 2.41. The van der Waals surface area contributed by atoms with Crippen molar-refractivity contribution in [3.05, 3.63) is 52.2 Å². The molecule has 0 aliphatic rings. The second-order valence-electron chi connectivity index (χ2n) is 4.69. The van der Waals surface area contributed by atoms with E-state index >= 15 is 0 Å². The highest BCUT2D eigenvalue weighted by molar-refractivity contribution is 6.30. The van der Waals surface area contributed by atoms with E-state index in [1.807, 2.05) is 44.2 Å². The molecule has 106 valence electrons. The van der Waals surface area contributed by atoms with E-state index in [-0.39, 0.29) is 0 Å². The minimum atomic E-state index is 0.605. The van der Waals surface area contributed by atoms with Gasteiger partial charge in [-0.05, 0) is 49.7 Å². The van der Waals surface area contributed by atoms with E-state index < -0.39 is 0 Å². The average molecular weight is 291 g/mol. The predicted octanol–water partition coefficient (Wildman–Crippen LogP) is 4.25. The Kier molecular flexibility index (Phi) is 4.99. The van der Waals surface area contributed by atoms with Gasteiger partial charge in [-0.25, -0.2) is 4.98 Å². The quantitative estimate of drug-likeness (QED) is 0.894. The monoisotopic (exact) mass is 290 g/mol. The standard InChI is InChI=1S/C16H19ClN2O/c1-4-18-10-13-5-8-16(19-12(13)3)20-15-7-6-14(17)9-11(15)2/h5-9,18H,4,10H2,1-3H3. The molecule has 2 aromatic rings. The van der Waals surface area contributed by atoms with E-state index in [4.69, 9.17) is 16.3 Å². The van der Waals surface area contributed by atoms with Crippen molar-refractivity contribution in [1.82, 2.24) is 10.3 Å². The van der Waals surface area contributed by atoms with E-state index in [2.05, 4.69) is 17.2 Å². The van der Waals surface area contributed by atoms with Crippen LogP contribution >= 0.6 is 11.6 Å². The fourth-order valence-corrected chi connectivity index (χ4v) is 2.14. The van der Waals surface area contributed by atoms with Crippen LogP contribution in [0.15, 0.2) is 30.3 Å². The maximum absolute atomic E-state index is 5.94. The number of benzene rings is 1. The van der Waals surface area contributed by atoms with Gasteiger partial charge in [0.1, 0.15) is 5.75 Å². The summed E-state index contributed by atoms with van der Waals surface area (Å²) < 4.78 is 5.81. The van der Waals surface area contributed by atoms with Gasteiger partial charge in [0.05, 0.1) is 0 Å². The van der Waals surface area contributed by atoms with Crippen LogP contribution in [0.25, 0.3) is 0 Å². The summed E-state index contributed by atoms with van der Waals surface area (Å²) in [5.41, 5.74) is 3.16. The number of ether oxygens (including phenoxy) is 1. The number of halogens is 1. The number of rotatable bonds is 5. The van der Waals surface area contributed by atoms with Gasteiger partial charge in [0.15, 0.2) is 0 Å². The summed E-state index contributed by atoms with van der Waals surface area (Å²) in [5.74, 6) is 1.38. The fraction of sp³-hybridized carbons (Fsp3) is 0.312. The van der Waals surface area contributed by atoms with Gasteiger partial charge in [-0.3, -0.25) is 0 Å². The molecule has 4 heteroatoms. The summed E-state index contributed by atoms with van der Waals surface area (Å²) in [6.07, 6.45) is 0. The number of hydrogen-bond acceptors (Lipinski definition) is 3. The van der Waals surface area contributed by atoms with Crippen LogP contribution in [0.3, 0.4) is 0 Å². The van der Waals surface area contributed by atoms with Gasteiger partial charge in [-0.1, -0.05) is 24.6 Å². The molecule has 0 atom stereocenters. The summed E-state index contributed by atoms with van der Waals surface area (Å²) in [5, 5.41) is 4.00. The Morgan fingerprint density at radius 1 is 1.20 bits per heavy atom. The topological polar surface area (TPSA) is 34.1 Å². The molecule has 0 aliphatic carbocycles. The number of hydrogen-bond donors (Lipinski definition) is 1. The molecule has 1 N–H and O–H groups in total. The molecular formula is C16H19ClN2O. The Bertz CT molecular complexity index is 599. The maximum atomic E-state index is 5.94. The van der Waals surface area contributed by atoms with E-state index in [9.17, 15) is 0 Å². The van der Waals surface area contributed by atoms with Gasteiger partial charge in [0.2, 0.25) is 5.88 Å². The second-order valence-corrected chi connectivity index (χ2v) is 5.12. The Hall–Kier alpha value is -1.58. The molecule has 0 fully saturated rings. The SMILES string of the molecule is CCNCc1ccc(Oc2ccc(Cl)cc2C)nc1C. The van der Waals surface area contributed by atoms with Gasteiger partial charge in [0.25, 0.3) is 0 Å². The highest BCUT2D eigenvalue weighted by Gasteiger charge is 2.06. The van der Waals surface area contributed by atoms with Crippen LogP contribution in [0, 0.1) is 13.8 Å². The largest absolute Gasteiger partial charge is 0.439 e. The zero-order chi connectivity index (χ0) is 14.5. The summed E-state index contributed by atoms with van der Waals surface area (Å²) in [7, 11) is 0. The third-order valence-electron chi connectivity index (χ3n) is 3.09. The number of nitrogens with zero attached hydrogens (tertiary/aromatic N) is 1. The van der Waals surface area contributed by atoms with Crippen LogP contribution in [-0.2, 0) is 6.54 Å². The molecule has 0 radical (unpaired) electrons. The van der Waals surface area contributed by atoms with E-state index in [0.717, 1.165) is 30.1 Å². The minimum Gasteiger partial charge on any atom is -0.439 e. The van der Waals surface area contributed by atoms with Crippen LogP contribution in [0.1, 0.15) is 23.7 Å². The van der Waals surface area contributed by atoms with Crippen LogP contribution in [-0.4, -0.2) is 11.5 Å². The molecule has 1 heterocycles. The first-order chi connectivity index (χ1) is 9.60.